The lowest BCUT2D eigenvalue weighted by Crippen LogP contribution is -2.22. The Balaban J connectivity index is 2.56. The number of aliphatic hydroxyl groups excluding tert-OH is 1. The van der Waals surface area contributed by atoms with Gasteiger partial charge in [-0.15, -0.1) is 0 Å². The largest absolute Gasteiger partial charge is 0.384 e. The van der Waals surface area contributed by atoms with Crippen LogP contribution in [0.2, 0.25) is 0 Å². The molecule has 1 aromatic rings. The van der Waals surface area contributed by atoms with E-state index in [-0.39, 0.29) is 5.56 Å². The summed E-state index contributed by atoms with van der Waals surface area (Å²) in [6, 6.07) is 5.20. The molecule has 92 valence electrons. The number of rotatable bonds is 2. The summed E-state index contributed by atoms with van der Waals surface area (Å²) in [4.78, 5) is 44.0. The van der Waals surface area contributed by atoms with Crippen LogP contribution < -0.4 is 0 Å². The minimum absolute atomic E-state index is 0.126. The Labute approximate surface area is 100 Å². The van der Waals surface area contributed by atoms with Crippen molar-refractivity contribution in [2.75, 3.05) is 0 Å². The SMILES string of the molecule is O=C1C(=O)C(O)C(c2ccccc2[N+](=O)[O-])C1=O. The molecule has 1 aromatic carbocycles. The number of benzene rings is 1. The molecule has 7 nitrogen and oxygen atoms in total. The number of hydrogen-bond acceptors (Lipinski definition) is 6. The number of aliphatic hydroxyl groups is 1. The third-order valence-corrected chi connectivity index (χ3v) is 2.78. The van der Waals surface area contributed by atoms with Crippen molar-refractivity contribution in [3.8, 4) is 0 Å². The molecule has 1 aliphatic rings. The fraction of sp³-hybridized carbons (Fsp3) is 0.182. The van der Waals surface area contributed by atoms with Gasteiger partial charge in [-0.2, -0.15) is 0 Å². The van der Waals surface area contributed by atoms with Crippen molar-refractivity contribution < 1.29 is 24.4 Å². The number of carbonyl (C=O) groups is 3. The maximum Gasteiger partial charge on any atom is 0.273 e. The second-order valence-electron chi connectivity index (χ2n) is 3.80. The van der Waals surface area contributed by atoms with Gasteiger partial charge in [-0.3, -0.25) is 24.5 Å². The smallest absolute Gasteiger partial charge is 0.273 e. The molecular weight excluding hydrogens is 242 g/mol. The Morgan fingerprint density at radius 3 is 2.22 bits per heavy atom. The van der Waals surface area contributed by atoms with Gasteiger partial charge in [0.1, 0.15) is 6.10 Å². The van der Waals surface area contributed by atoms with Crippen molar-refractivity contribution in [1.29, 1.82) is 0 Å². The Bertz CT molecular complexity index is 579. The number of ketones is 3. The molecule has 1 saturated carbocycles. The zero-order chi connectivity index (χ0) is 13.4. The normalized spacial score (nSPS) is 23.5. The van der Waals surface area contributed by atoms with Gasteiger partial charge in [0, 0.05) is 11.6 Å². The third kappa shape index (κ3) is 1.61. The lowest BCUT2D eigenvalue weighted by molar-refractivity contribution is -0.385. The van der Waals surface area contributed by atoms with Gasteiger partial charge in [0.05, 0.1) is 10.8 Å². The summed E-state index contributed by atoms with van der Waals surface area (Å²) < 4.78 is 0. The van der Waals surface area contributed by atoms with Crippen molar-refractivity contribution in [3.05, 3.63) is 39.9 Å². The highest BCUT2D eigenvalue weighted by atomic mass is 16.6. The van der Waals surface area contributed by atoms with Crippen molar-refractivity contribution in [1.82, 2.24) is 0 Å². The first-order valence-electron chi connectivity index (χ1n) is 4.99. The molecule has 0 bridgehead atoms. The first-order valence-corrected chi connectivity index (χ1v) is 4.99. The molecule has 7 heteroatoms. The van der Waals surface area contributed by atoms with E-state index in [0.717, 1.165) is 6.07 Å². The van der Waals surface area contributed by atoms with Crippen LogP contribution in [0.3, 0.4) is 0 Å². The van der Waals surface area contributed by atoms with Crippen LogP contribution in [0.4, 0.5) is 5.69 Å². The Morgan fingerprint density at radius 1 is 1.11 bits per heavy atom. The summed E-state index contributed by atoms with van der Waals surface area (Å²) >= 11 is 0. The molecule has 0 aliphatic heterocycles. The minimum Gasteiger partial charge on any atom is -0.384 e. The average molecular weight is 249 g/mol. The van der Waals surface area contributed by atoms with E-state index >= 15 is 0 Å². The quantitative estimate of drug-likeness (QED) is 0.439. The first-order chi connectivity index (χ1) is 8.45. The molecule has 18 heavy (non-hydrogen) atoms. The topological polar surface area (TPSA) is 115 Å². The van der Waals surface area contributed by atoms with Gasteiger partial charge in [-0.05, 0) is 0 Å². The van der Waals surface area contributed by atoms with E-state index in [1.54, 1.807) is 0 Å². The summed E-state index contributed by atoms with van der Waals surface area (Å²) in [7, 11) is 0. The van der Waals surface area contributed by atoms with E-state index in [4.69, 9.17) is 0 Å². The van der Waals surface area contributed by atoms with Crippen LogP contribution in [0, 0.1) is 10.1 Å². The summed E-state index contributed by atoms with van der Waals surface area (Å²) in [5.41, 5.74) is -0.531. The van der Waals surface area contributed by atoms with Crippen LogP contribution in [0.25, 0.3) is 0 Å². The van der Waals surface area contributed by atoms with E-state index in [1.807, 2.05) is 0 Å². The van der Waals surface area contributed by atoms with Gasteiger partial charge >= 0.3 is 0 Å². The number of Topliss-reactive ketones (excluding diaryl/α,β-unsaturated/α-hetero) is 3. The maximum atomic E-state index is 11.5. The molecule has 0 amide bonds. The van der Waals surface area contributed by atoms with Crippen LogP contribution in [-0.2, 0) is 14.4 Å². The Hall–Kier alpha value is -2.41. The molecule has 1 fully saturated rings. The van der Waals surface area contributed by atoms with Crippen LogP contribution in [0.15, 0.2) is 24.3 Å². The lowest BCUT2D eigenvalue weighted by Gasteiger charge is -2.11. The molecule has 2 unspecified atom stereocenters. The summed E-state index contributed by atoms with van der Waals surface area (Å²) in [6.45, 7) is 0. The number of hydrogen-bond donors (Lipinski definition) is 1. The zero-order valence-corrected chi connectivity index (χ0v) is 8.90. The maximum absolute atomic E-state index is 11.5. The van der Waals surface area contributed by atoms with Gasteiger partial charge in [-0.25, -0.2) is 0 Å². The fourth-order valence-corrected chi connectivity index (χ4v) is 1.92. The molecular formula is C11H7NO6. The molecule has 0 aromatic heterocycles. The highest BCUT2D eigenvalue weighted by Gasteiger charge is 2.50. The van der Waals surface area contributed by atoms with Crippen LogP contribution in [0.1, 0.15) is 11.5 Å². The number of para-hydroxylation sites is 1. The molecule has 0 spiro atoms. The van der Waals surface area contributed by atoms with Crippen LogP contribution in [-0.4, -0.2) is 33.5 Å². The molecule has 0 radical (unpaired) electrons. The summed E-state index contributed by atoms with van der Waals surface area (Å²) in [5.74, 6) is -5.12. The molecule has 1 N–H and O–H groups in total. The number of nitro benzene ring substituents is 1. The molecule has 2 rings (SSSR count). The van der Waals surface area contributed by atoms with E-state index in [1.165, 1.54) is 18.2 Å². The average Bonchev–Trinajstić information content (AvgIpc) is 2.54. The predicted molar refractivity (Wildman–Crippen MR) is 56.9 cm³/mol. The molecule has 0 saturated heterocycles. The molecule has 1 aliphatic carbocycles. The highest BCUT2D eigenvalue weighted by molar-refractivity contribution is 6.69. The van der Waals surface area contributed by atoms with Gasteiger partial charge < -0.3 is 5.11 Å². The fourth-order valence-electron chi connectivity index (χ4n) is 1.92. The Kier molecular flexibility index (Phi) is 2.76. The first kappa shape index (κ1) is 12.1. The number of carbonyl (C=O) groups excluding carboxylic acids is 3. The Morgan fingerprint density at radius 2 is 1.72 bits per heavy atom. The molecule has 0 heterocycles. The monoisotopic (exact) mass is 249 g/mol. The van der Waals surface area contributed by atoms with Gasteiger partial charge in [0.15, 0.2) is 0 Å². The van der Waals surface area contributed by atoms with Gasteiger partial charge in [-0.1, -0.05) is 18.2 Å². The van der Waals surface area contributed by atoms with E-state index in [0.29, 0.717) is 0 Å². The van der Waals surface area contributed by atoms with Gasteiger partial charge in [0.25, 0.3) is 11.5 Å². The van der Waals surface area contributed by atoms with Crippen LogP contribution in [0.5, 0.6) is 0 Å². The standard InChI is InChI=1S/C11H7NO6/c13-8-7(9(14)11(16)10(8)15)5-3-1-2-4-6(5)12(17)18/h1-4,7-8,13H. The van der Waals surface area contributed by atoms with Crippen molar-refractivity contribution in [2.24, 2.45) is 0 Å². The zero-order valence-electron chi connectivity index (χ0n) is 8.90. The van der Waals surface area contributed by atoms with E-state index in [2.05, 4.69) is 0 Å². The van der Waals surface area contributed by atoms with Crippen molar-refractivity contribution in [2.45, 2.75) is 12.0 Å². The van der Waals surface area contributed by atoms with Crippen LogP contribution >= 0.6 is 0 Å². The second-order valence-corrected chi connectivity index (χ2v) is 3.80. The molecule has 2 atom stereocenters. The van der Waals surface area contributed by atoms with Gasteiger partial charge in [0.2, 0.25) is 11.6 Å². The van der Waals surface area contributed by atoms with E-state index in [9.17, 15) is 29.6 Å². The second kappa shape index (κ2) is 4.11. The summed E-state index contributed by atoms with van der Waals surface area (Å²) in [6.07, 6.45) is -1.84. The van der Waals surface area contributed by atoms with Crippen molar-refractivity contribution >= 4 is 23.0 Å². The third-order valence-electron chi connectivity index (χ3n) is 2.78. The number of nitro groups is 1. The number of nitrogens with zero attached hydrogens (tertiary/aromatic N) is 1. The predicted octanol–water partition coefficient (Wildman–Crippen LogP) is -0.240. The minimum atomic E-state index is -1.84. The lowest BCUT2D eigenvalue weighted by atomic mass is 9.93. The highest BCUT2D eigenvalue weighted by Crippen LogP contribution is 2.33. The van der Waals surface area contributed by atoms with Crippen molar-refractivity contribution in [3.63, 3.8) is 0 Å². The summed E-state index contributed by atoms with van der Waals surface area (Å²) in [5, 5.41) is 20.3. The van der Waals surface area contributed by atoms with E-state index < -0.39 is 40.0 Å².